The molecule has 2 heterocycles. The second-order valence-corrected chi connectivity index (χ2v) is 6.12. The van der Waals surface area contributed by atoms with Gasteiger partial charge < -0.3 is 20.5 Å². The quantitative estimate of drug-likeness (QED) is 0.448. The average molecular weight is 331 g/mol. The number of H-pyrrole nitrogens is 1. The number of rotatable bonds is 5. The zero-order valence-electron chi connectivity index (χ0n) is 12.9. The van der Waals surface area contributed by atoms with Gasteiger partial charge in [0.1, 0.15) is 27.2 Å². The summed E-state index contributed by atoms with van der Waals surface area (Å²) in [6, 6.07) is 3.35. The van der Waals surface area contributed by atoms with E-state index < -0.39 is 16.2 Å². The molecule has 4 N–H and O–H groups in total. The van der Waals surface area contributed by atoms with Crippen molar-refractivity contribution in [1.82, 2.24) is 9.97 Å². The van der Waals surface area contributed by atoms with E-state index in [-0.39, 0.29) is 5.82 Å². The van der Waals surface area contributed by atoms with Crippen molar-refractivity contribution in [3.05, 3.63) is 35.2 Å². The number of aromatic nitrogens is 2. The van der Waals surface area contributed by atoms with E-state index in [9.17, 15) is 10.2 Å². The monoisotopic (exact) mass is 331 g/mol. The number of aromatic amines is 1. The highest BCUT2D eigenvalue weighted by atomic mass is 35.5. The Bertz CT molecular complexity index is 728. The molecule has 0 aliphatic carbocycles. The summed E-state index contributed by atoms with van der Waals surface area (Å²) in [7, 11) is 27.2. The molecule has 1 atom stereocenters. The van der Waals surface area contributed by atoms with Crippen LogP contribution < -0.4 is 5.32 Å². The summed E-state index contributed by atoms with van der Waals surface area (Å²) in [5.74, 6) is 0.0378. The molecule has 5 nitrogen and oxygen atoms in total. The van der Waals surface area contributed by atoms with Gasteiger partial charge in [-0.05, 0) is 19.1 Å². The highest BCUT2D eigenvalue weighted by Crippen LogP contribution is 2.37. The number of anilines is 1. The van der Waals surface area contributed by atoms with Gasteiger partial charge in [-0.2, -0.15) is 0 Å². The van der Waals surface area contributed by atoms with Crippen LogP contribution in [0.2, 0.25) is 10.1 Å². The Morgan fingerprint density at radius 2 is 1.79 bits per heavy atom. The molecule has 0 aliphatic rings. The lowest BCUT2D eigenvalue weighted by Crippen LogP contribution is -2.67. The van der Waals surface area contributed by atoms with Gasteiger partial charge in [-0.25, -0.2) is 4.98 Å². The molecule has 0 saturated heterocycles. The number of hydrogen-bond donors (Lipinski definition) is 4. The molecular weight excluding hydrogens is 320 g/mol. The van der Waals surface area contributed by atoms with Crippen molar-refractivity contribution in [2.75, 3.05) is 5.32 Å². The molecular formula is C13H11B5ClN3O2. The minimum Gasteiger partial charge on any atom is -0.404 e. The predicted octanol–water partition coefficient (Wildman–Crippen LogP) is -0.299. The van der Waals surface area contributed by atoms with E-state index >= 15 is 0 Å². The van der Waals surface area contributed by atoms with Gasteiger partial charge in [-0.3, -0.25) is 0 Å². The van der Waals surface area contributed by atoms with Crippen molar-refractivity contribution in [2.24, 2.45) is 0 Å². The van der Waals surface area contributed by atoms with Crippen LogP contribution >= 0.6 is 11.6 Å². The Hall–Kier alpha value is -1.24. The Morgan fingerprint density at radius 3 is 2.25 bits per heavy atom. The molecule has 0 aliphatic heterocycles. The lowest BCUT2D eigenvalue weighted by molar-refractivity contribution is -0.0365. The molecule has 0 saturated carbocycles. The van der Waals surface area contributed by atoms with Crippen LogP contribution in [0.15, 0.2) is 24.5 Å². The summed E-state index contributed by atoms with van der Waals surface area (Å²) >= 11 is 6.15. The molecule has 112 valence electrons. The Morgan fingerprint density at radius 1 is 1.17 bits per heavy atom. The van der Waals surface area contributed by atoms with Crippen LogP contribution in [0.4, 0.5) is 5.82 Å². The normalized spacial score (nSPS) is 15.0. The van der Waals surface area contributed by atoms with Gasteiger partial charge in [-0.15, -0.1) is 0 Å². The molecule has 0 spiro atoms. The topological polar surface area (TPSA) is 81.2 Å². The summed E-state index contributed by atoms with van der Waals surface area (Å²) in [5.41, 5.74) is -0.407. The first-order valence-electron chi connectivity index (χ1n) is 6.83. The largest absolute Gasteiger partial charge is 0.404 e. The maximum absolute atomic E-state index is 10.5. The van der Waals surface area contributed by atoms with E-state index in [0.29, 0.717) is 10.6 Å². The molecule has 0 fully saturated rings. The van der Waals surface area contributed by atoms with Crippen LogP contribution in [0.5, 0.6) is 0 Å². The minimum absolute atomic E-state index is 0.0378. The van der Waals surface area contributed by atoms with Crippen molar-refractivity contribution in [2.45, 2.75) is 23.2 Å². The van der Waals surface area contributed by atoms with Crippen molar-refractivity contribution < 1.29 is 10.2 Å². The molecule has 2 rings (SSSR count). The fourth-order valence-electron chi connectivity index (χ4n) is 2.13. The van der Waals surface area contributed by atoms with Crippen molar-refractivity contribution in [1.29, 1.82) is 0 Å². The Balaban J connectivity index is 2.46. The van der Waals surface area contributed by atoms with E-state index in [1.807, 2.05) is 13.0 Å². The van der Waals surface area contributed by atoms with Crippen molar-refractivity contribution >= 4 is 56.7 Å². The van der Waals surface area contributed by atoms with Crippen LogP contribution in [0.1, 0.15) is 5.69 Å². The minimum atomic E-state index is -2.77. The Labute approximate surface area is 152 Å². The van der Waals surface area contributed by atoms with Gasteiger partial charge >= 0.3 is 0 Å². The highest BCUT2D eigenvalue weighted by molar-refractivity contribution is 6.61. The van der Waals surface area contributed by atoms with Crippen molar-refractivity contribution in [3.8, 4) is 11.1 Å². The molecule has 11 heteroatoms. The molecule has 10 radical (unpaired) electrons. The lowest BCUT2D eigenvalue weighted by Gasteiger charge is -2.51. The van der Waals surface area contributed by atoms with Gasteiger partial charge in [0.25, 0.3) is 0 Å². The van der Waals surface area contributed by atoms with Crippen LogP contribution in [-0.4, -0.2) is 70.5 Å². The van der Waals surface area contributed by atoms with Gasteiger partial charge in [0.2, 0.25) is 0 Å². The molecule has 2 aromatic heterocycles. The first-order valence-corrected chi connectivity index (χ1v) is 7.21. The molecule has 2 aromatic rings. The third kappa shape index (κ3) is 3.56. The fraction of sp³-hybridized carbons (Fsp3) is 0.308. The number of aryl methyl sites for hydroxylation is 1. The van der Waals surface area contributed by atoms with E-state index in [4.69, 9.17) is 50.8 Å². The summed E-state index contributed by atoms with van der Waals surface area (Å²) in [6.45, 7) is 1.88. The lowest BCUT2D eigenvalue weighted by atomic mass is 9.32. The van der Waals surface area contributed by atoms with Gasteiger partial charge in [0, 0.05) is 34.6 Å². The summed E-state index contributed by atoms with van der Waals surface area (Å²) < 4.78 is 0. The van der Waals surface area contributed by atoms with Crippen LogP contribution in [-0.2, 0) is 0 Å². The average Bonchev–Trinajstić information content (AvgIpc) is 2.84. The van der Waals surface area contributed by atoms with Gasteiger partial charge in [-0.1, -0.05) is 16.7 Å². The molecule has 0 amide bonds. The maximum atomic E-state index is 10.5. The third-order valence-electron chi connectivity index (χ3n) is 3.51. The predicted molar refractivity (Wildman–Crippen MR) is 98.8 cm³/mol. The molecule has 0 bridgehead atoms. The maximum Gasteiger partial charge on any atom is 0.131 e. The van der Waals surface area contributed by atoms with E-state index in [1.165, 1.54) is 12.3 Å². The standard InChI is InChI=1S/C13H11B5ClN3O2/c1-6-2-7(4-20-6)8-3-10(21-5-9(8)19)22-11(23,12(14,15)16)13(17,18)24/h2-5,20,23-24H,1H3,(H,21,22). The SMILES string of the molecule is [B]C([B])([B])C(O)(Nc1cc(-c2c[nH]c(C)c2)c(Cl)cn1)C([B])([B])O. The number of nitrogens with zero attached hydrogens (tertiary/aromatic N) is 1. The molecule has 1 unspecified atom stereocenters. The second-order valence-electron chi connectivity index (χ2n) is 5.71. The fourth-order valence-corrected chi connectivity index (χ4v) is 2.34. The smallest absolute Gasteiger partial charge is 0.131 e. The number of pyridine rings is 1. The Kier molecular flexibility index (Phi) is 4.97. The van der Waals surface area contributed by atoms with Crippen LogP contribution in [0.3, 0.4) is 0 Å². The summed E-state index contributed by atoms with van der Waals surface area (Å²) in [6.07, 6.45) is 3.08. The van der Waals surface area contributed by atoms with Crippen LogP contribution in [0.25, 0.3) is 11.1 Å². The first kappa shape index (κ1) is 19.1. The van der Waals surface area contributed by atoms with Crippen LogP contribution in [0, 0.1) is 6.92 Å². The van der Waals surface area contributed by atoms with E-state index in [1.54, 1.807) is 6.20 Å². The first-order chi connectivity index (χ1) is 10.8. The van der Waals surface area contributed by atoms with Crippen molar-refractivity contribution in [3.63, 3.8) is 0 Å². The zero-order chi connectivity index (χ0) is 18.3. The summed E-state index contributed by atoms with van der Waals surface area (Å²) in [5, 5.41) is 17.9. The zero-order valence-corrected chi connectivity index (χ0v) is 13.7. The van der Waals surface area contributed by atoms with Gasteiger partial charge in [0.15, 0.2) is 0 Å². The summed E-state index contributed by atoms with van der Waals surface area (Å²) in [4.78, 5) is 7.00. The molecule has 0 aromatic carbocycles. The van der Waals surface area contributed by atoms with Gasteiger partial charge in [0.05, 0.1) is 28.6 Å². The van der Waals surface area contributed by atoms with E-state index in [0.717, 1.165) is 11.3 Å². The third-order valence-corrected chi connectivity index (χ3v) is 3.81. The number of aliphatic hydroxyl groups is 2. The number of halogens is 1. The number of nitrogens with one attached hydrogen (secondary N) is 2. The second kappa shape index (κ2) is 6.24. The van der Waals surface area contributed by atoms with E-state index in [2.05, 4.69) is 15.3 Å². The molecule has 24 heavy (non-hydrogen) atoms. The highest BCUT2D eigenvalue weighted by Gasteiger charge is 2.49. The number of hydrogen-bond acceptors (Lipinski definition) is 4.